The maximum Gasteiger partial charge on any atom is 0.295 e. The van der Waals surface area contributed by atoms with E-state index in [0.29, 0.717) is 15.9 Å². The lowest BCUT2D eigenvalue weighted by molar-refractivity contribution is 0.102. The Balaban J connectivity index is 1.79. The quantitative estimate of drug-likeness (QED) is 0.585. The number of methoxy groups -OCH3 is 1. The molecule has 0 aliphatic rings. The van der Waals surface area contributed by atoms with E-state index in [-0.39, 0.29) is 5.91 Å². The number of anilines is 1. The third-order valence-electron chi connectivity index (χ3n) is 4.04. The largest absolute Gasteiger partial charge is 0.472 e. The SMILES string of the molecule is COc1nnc(NC(=O)c2cnc(C)cc2-c2cccc3nn(C)cc23)s1. The highest BCUT2D eigenvalue weighted by Gasteiger charge is 2.18. The number of aromatic nitrogens is 5. The van der Waals surface area contributed by atoms with E-state index in [9.17, 15) is 4.79 Å². The zero-order chi connectivity index (χ0) is 19.0. The molecule has 1 aromatic carbocycles. The zero-order valence-electron chi connectivity index (χ0n) is 14.9. The number of hydrogen-bond donors (Lipinski definition) is 1. The Kier molecular flexibility index (Phi) is 4.28. The van der Waals surface area contributed by atoms with Crippen LogP contribution in [0.3, 0.4) is 0 Å². The first-order chi connectivity index (χ1) is 13.0. The number of ether oxygens (including phenoxy) is 1. The molecule has 0 bridgehead atoms. The smallest absolute Gasteiger partial charge is 0.295 e. The fourth-order valence-electron chi connectivity index (χ4n) is 2.87. The maximum atomic E-state index is 12.9. The average molecular weight is 380 g/mol. The molecule has 9 heteroatoms. The van der Waals surface area contributed by atoms with Crippen molar-refractivity contribution in [3.8, 4) is 16.3 Å². The highest BCUT2D eigenvalue weighted by molar-refractivity contribution is 7.17. The Labute approximate surface area is 158 Å². The lowest BCUT2D eigenvalue weighted by Gasteiger charge is -2.10. The number of carbonyl (C=O) groups excluding carboxylic acids is 1. The molecule has 4 aromatic rings. The summed E-state index contributed by atoms with van der Waals surface area (Å²) in [5.41, 5.74) is 3.84. The molecule has 0 saturated carbocycles. The minimum Gasteiger partial charge on any atom is -0.472 e. The fourth-order valence-corrected chi connectivity index (χ4v) is 3.42. The van der Waals surface area contributed by atoms with Crippen molar-refractivity contribution in [3.63, 3.8) is 0 Å². The molecule has 3 aromatic heterocycles. The normalized spacial score (nSPS) is 10.9. The van der Waals surface area contributed by atoms with Crippen molar-refractivity contribution in [2.45, 2.75) is 6.92 Å². The van der Waals surface area contributed by atoms with E-state index in [1.807, 2.05) is 44.4 Å². The zero-order valence-corrected chi connectivity index (χ0v) is 15.7. The van der Waals surface area contributed by atoms with E-state index >= 15 is 0 Å². The number of carbonyl (C=O) groups is 1. The molecular weight excluding hydrogens is 364 g/mol. The predicted molar refractivity (Wildman–Crippen MR) is 103 cm³/mol. The molecule has 0 spiro atoms. The minimum atomic E-state index is -0.308. The number of benzene rings is 1. The van der Waals surface area contributed by atoms with Gasteiger partial charge in [0, 0.05) is 30.5 Å². The molecule has 4 rings (SSSR count). The van der Waals surface area contributed by atoms with Crippen LogP contribution in [0, 0.1) is 6.92 Å². The molecule has 0 atom stereocenters. The van der Waals surface area contributed by atoms with Crippen molar-refractivity contribution < 1.29 is 9.53 Å². The van der Waals surface area contributed by atoms with Crippen molar-refractivity contribution in [2.75, 3.05) is 12.4 Å². The van der Waals surface area contributed by atoms with Crippen molar-refractivity contribution >= 4 is 33.3 Å². The van der Waals surface area contributed by atoms with E-state index in [0.717, 1.165) is 39.1 Å². The maximum absolute atomic E-state index is 12.9. The van der Waals surface area contributed by atoms with E-state index < -0.39 is 0 Å². The lowest BCUT2D eigenvalue weighted by Crippen LogP contribution is -2.14. The Morgan fingerprint density at radius 3 is 2.89 bits per heavy atom. The minimum absolute atomic E-state index is 0.308. The van der Waals surface area contributed by atoms with Crippen molar-refractivity contribution in [1.29, 1.82) is 0 Å². The summed E-state index contributed by atoms with van der Waals surface area (Å²) >= 11 is 1.16. The number of aryl methyl sites for hydroxylation is 2. The number of pyridine rings is 1. The van der Waals surface area contributed by atoms with Gasteiger partial charge in [0.1, 0.15) is 0 Å². The van der Waals surface area contributed by atoms with E-state index in [1.165, 1.54) is 7.11 Å². The van der Waals surface area contributed by atoms with Gasteiger partial charge in [0.2, 0.25) is 5.13 Å². The molecule has 136 valence electrons. The van der Waals surface area contributed by atoms with Crippen LogP contribution < -0.4 is 10.1 Å². The third-order valence-corrected chi connectivity index (χ3v) is 4.84. The second-order valence-electron chi connectivity index (χ2n) is 5.94. The van der Waals surface area contributed by atoms with Crippen molar-refractivity contribution in [1.82, 2.24) is 25.0 Å². The number of nitrogens with one attached hydrogen (secondary N) is 1. The number of hydrogen-bond acceptors (Lipinski definition) is 7. The Hall–Kier alpha value is -3.33. The fraction of sp³-hybridized carbons (Fsp3) is 0.167. The molecule has 1 N–H and O–H groups in total. The monoisotopic (exact) mass is 380 g/mol. The van der Waals surface area contributed by atoms with Crippen LogP contribution in [0.2, 0.25) is 0 Å². The molecule has 8 nitrogen and oxygen atoms in total. The molecular formula is C18H16N6O2S. The summed E-state index contributed by atoms with van der Waals surface area (Å²) in [6.45, 7) is 1.89. The summed E-state index contributed by atoms with van der Waals surface area (Å²) in [5, 5.41) is 16.7. The average Bonchev–Trinajstić information content (AvgIpc) is 3.26. The van der Waals surface area contributed by atoms with Crippen LogP contribution in [0.1, 0.15) is 16.1 Å². The molecule has 1 amide bonds. The first-order valence-electron chi connectivity index (χ1n) is 8.13. The van der Waals surface area contributed by atoms with Gasteiger partial charge in [0.25, 0.3) is 11.1 Å². The second-order valence-corrected chi connectivity index (χ2v) is 6.88. The van der Waals surface area contributed by atoms with Gasteiger partial charge in [-0.1, -0.05) is 17.2 Å². The number of fused-ring (bicyclic) bond motifs is 1. The summed E-state index contributed by atoms with van der Waals surface area (Å²) in [5.74, 6) is -0.308. The first-order valence-corrected chi connectivity index (χ1v) is 8.95. The van der Waals surface area contributed by atoms with Gasteiger partial charge in [-0.05, 0) is 41.5 Å². The van der Waals surface area contributed by atoms with Crippen LogP contribution in [0.15, 0.2) is 36.7 Å². The lowest BCUT2D eigenvalue weighted by atomic mass is 9.97. The van der Waals surface area contributed by atoms with Gasteiger partial charge in [-0.3, -0.25) is 19.8 Å². The van der Waals surface area contributed by atoms with Gasteiger partial charge in [-0.15, -0.1) is 5.10 Å². The summed E-state index contributed by atoms with van der Waals surface area (Å²) < 4.78 is 6.77. The van der Waals surface area contributed by atoms with Gasteiger partial charge in [0.05, 0.1) is 18.2 Å². The van der Waals surface area contributed by atoms with Gasteiger partial charge >= 0.3 is 0 Å². The van der Waals surface area contributed by atoms with E-state index in [4.69, 9.17) is 4.74 Å². The Morgan fingerprint density at radius 1 is 1.26 bits per heavy atom. The van der Waals surface area contributed by atoms with Gasteiger partial charge in [-0.25, -0.2) is 0 Å². The van der Waals surface area contributed by atoms with Crippen LogP contribution in [0.5, 0.6) is 5.19 Å². The summed E-state index contributed by atoms with van der Waals surface area (Å²) in [6.07, 6.45) is 3.52. The number of amides is 1. The summed E-state index contributed by atoms with van der Waals surface area (Å²) in [6, 6.07) is 7.75. The molecule has 27 heavy (non-hydrogen) atoms. The second kappa shape index (κ2) is 6.76. The molecule has 0 aliphatic carbocycles. The Morgan fingerprint density at radius 2 is 2.11 bits per heavy atom. The highest BCUT2D eigenvalue weighted by atomic mass is 32.1. The Bertz CT molecular complexity index is 1150. The number of nitrogens with zero attached hydrogens (tertiary/aromatic N) is 5. The van der Waals surface area contributed by atoms with Crippen LogP contribution in [0.4, 0.5) is 5.13 Å². The van der Waals surface area contributed by atoms with Crippen LogP contribution >= 0.6 is 11.3 Å². The van der Waals surface area contributed by atoms with Gasteiger partial charge in [0.15, 0.2) is 0 Å². The van der Waals surface area contributed by atoms with Crippen LogP contribution in [-0.2, 0) is 7.05 Å². The molecule has 0 radical (unpaired) electrons. The van der Waals surface area contributed by atoms with Crippen molar-refractivity contribution in [2.24, 2.45) is 7.05 Å². The topological polar surface area (TPSA) is 94.8 Å². The standard InChI is InChI=1S/C18H16N6O2S/c1-10-7-12(11-5-4-6-15-14(11)9-24(2)23-15)13(8-19-10)16(25)20-17-21-22-18(26-3)27-17/h4-9H,1-3H3,(H,20,21,25). The predicted octanol–water partition coefficient (Wildman–Crippen LogP) is 3.06. The molecule has 0 fully saturated rings. The first kappa shape index (κ1) is 17.1. The number of rotatable bonds is 4. The molecule has 0 saturated heterocycles. The van der Waals surface area contributed by atoms with Crippen LogP contribution in [0.25, 0.3) is 22.0 Å². The third kappa shape index (κ3) is 3.24. The molecule has 0 unspecified atom stereocenters. The van der Waals surface area contributed by atoms with Gasteiger partial charge in [-0.2, -0.15) is 5.10 Å². The van der Waals surface area contributed by atoms with Gasteiger partial charge < -0.3 is 4.74 Å². The van der Waals surface area contributed by atoms with Crippen LogP contribution in [-0.4, -0.2) is 38.0 Å². The van der Waals surface area contributed by atoms with E-state index in [1.54, 1.807) is 10.9 Å². The van der Waals surface area contributed by atoms with E-state index in [2.05, 4.69) is 25.6 Å². The molecule has 3 heterocycles. The highest BCUT2D eigenvalue weighted by Crippen LogP contribution is 2.31. The summed E-state index contributed by atoms with van der Waals surface area (Å²) in [4.78, 5) is 17.2. The molecule has 0 aliphatic heterocycles. The summed E-state index contributed by atoms with van der Waals surface area (Å²) in [7, 11) is 3.38. The van der Waals surface area contributed by atoms with Crippen molar-refractivity contribution in [3.05, 3.63) is 47.9 Å².